The number of nitrogens with zero attached hydrogens (tertiary/aromatic N) is 1. The molecule has 4 rings (SSSR count). The third-order valence-corrected chi connectivity index (χ3v) is 7.51. The van der Waals surface area contributed by atoms with Crippen molar-refractivity contribution in [2.75, 3.05) is 19.0 Å². The van der Waals surface area contributed by atoms with E-state index in [1.54, 1.807) is 31.4 Å². The van der Waals surface area contributed by atoms with E-state index in [-0.39, 0.29) is 18.9 Å². The van der Waals surface area contributed by atoms with Crippen LogP contribution in [0.15, 0.2) is 71.6 Å². The maximum absolute atomic E-state index is 13.1. The van der Waals surface area contributed by atoms with Crippen molar-refractivity contribution >= 4 is 21.6 Å². The Morgan fingerprint density at radius 2 is 1.72 bits per heavy atom. The normalized spacial score (nSPS) is 13.9. The molecule has 7 heteroatoms. The molecule has 0 fully saturated rings. The number of carbonyl (C=O) groups is 1. The maximum Gasteiger partial charge on any atom is 0.243 e. The molecule has 0 saturated heterocycles. The number of amides is 1. The van der Waals surface area contributed by atoms with Gasteiger partial charge in [-0.1, -0.05) is 35.9 Å². The molecular formula is C25H26N2O4S. The van der Waals surface area contributed by atoms with Gasteiger partial charge in [-0.05, 0) is 66.4 Å². The first-order chi connectivity index (χ1) is 15.3. The van der Waals surface area contributed by atoms with Gasteiger partial charge in [0.15, 0.2) is 0 Å². The van der Waals surface area contributed by atoms with Crippen molar-refractivity contribution in [2.45, 2.75) is 31.2 Å². The summed E-state index contributed by atoms with van der Waals surface area (Å²) in [6.45, 7) is 2.65. The van der Waals surface area contributed by atoms with Crippen LogP contribution >= 0.6 is 0 Å². The van der Waals surface area contributed by atoms with Gasteiger partial charge in [-0.2, -0.15) is 4.31 Å². The molecule has 0 atom stereocenters. The van der Waals surface area contributed by atoms with E-state index in [1.807, 2.05) is 49.4 Å². The van der Waals surface area contributed by atoms with E-state index >= 15 is 0 Å². The second-order valence-electron chi connectivity index (χ2n) is 7.96. The van der Waals surface area contributed by atoms with Crippen molar-refractivity contribution in [1.82, 2.24) is 4.31 Å². The van der Waals surface area contributed by atoms with Crippen LogP contribution < -0.4 is 10.1 Å². The number of carbonyl (C=O) groups excluding carboxylic acids is 1. The Morgan fingerprint density at radius 1 is 1.00 bits per heavy atom. The molecule has 3 aromatic carbocycles. The second kappa shape index (κ2) is 9.14. The first-order valence-corrected chi connectivity index (χ1v) is 11.9. The van der Waals surface area contributed by atoms with Crippen LogP contribution in [0.25, 0.3) is 0 Å². The number of benzene rings is 3. The monoisotopic (exact) mass is 450 g/mol. The van der Waals surface area contributed by atoms with Gasteiger partial charge in [-0.15, -0.1) is 0 Å². The third kappa shape index (κ3) is 4.84. The molecular weight excluding hydrogens is 424 g/mol. The van der Waals surface area contributed by atoms with Crippen molar-refractivity contribution in [1.29, 1.82) is 0 Å². The zero-order valence-electron chi connectivity index (χ0n) is 18.2. The Hall–Kier alpha value is -3.16. The highest BCUT2D eigenvalue weighted by Gasteiger charge is 2.28. The lowest BCUT2D eigenvalue weighted by atomic mass is 10.0. The molecule has 0 radical (unpaired) electrons. The van der Waals surface area contributed by atoms with Crippen molar-refractivity contribution in [3.05, 3.63) is 89.0 Å². The largest absolute Gasteiger partial charge is 0.497 e. The maximum atomic E-state index is 13.1. The molecule has 1 aliphatic heterocycles. The third-order valence-electron chi connectivity index (χ3n) is 5.65. The Morgan fingerprint density at radius 3 is 2.41 bits per heavy atom. The highest BCUT2D eigenvalue weighted by Crippen LogP contribution is 2.27. The van der Waals surface area contributed by atoms with E-state index in [0.717, 1.165) is 28.0 Å². The standard InChI is InChI=1S/C25H26N2O4S/c1-18-3-11-24(12-4-18)32(29,30)27-14-13-20-7-8-22(16-21(20)17-27)26-25(28)15-19-5-9-23(31-2)10-6-19/h3-12,16H,13-15,17H2,1-2H3,(H,26,28). The van der Waals surface area contributed by atoms with Crippen LogP contribution in [0.4, 0.5) is 5.69 Å². The number of ether oxygens (including phenoxy) is 1. The molecule has 32 heavy (non-hydrogen) atoms. The Bertz CT molecular complexity index is 1220. The van der Waals surface area contributed by atoms with E-state index < -0.39 is 10.0 Å². The predicted octanol–water partition coefficient (Wildman–Crippen LogP) is 3.93. The molecule has 1 heterocycles. The number of anilines is 1. The summed E-state index contributed by atoms with van der Waals surface area (Å²) in [5.74, 6) is 0.615. The minimum absolute atomic E-state index is 0.130. The number of fused-ring (bicyclic) bond motifs is 1. The summed E-state index contributed by atoms with van der Waals surface area (Å²) in [5.41, 5.74) is 4.58. The molecule has 166 valence electrons. The molecule has 0 aliphatic carbocycles. The zero-order chi connectivity index (χ0) is 22.7. The summed E-state index contributed by atoms with van der Waals surface area (Å²) in [4.78, 5) is 12.8. The Balaban J connectivity index is 1.46. The van der Waals surface area contributed by atoms with Gasteiger partial charge in [0.1, 0.15) is 5.75 Å². The smallest absolute Gasteiger partial charge is 0.243 e. The van der Waals surface area contributed by atoms with E-state index in [4.69, 9.17) is 4.74 Å². The predicted molar refractivity (Wildman–Crippen MR) is 124 cm³/mol. The quantitative estimate of drug-likeness (QED) is 0.617. The summed E-state index contributed by atoms with van der Waals surface area (Å²) >= 11 is 0. The Kier molecular flexibility index (Phi) is 6.30. The van der Waals surface area contributed by atoms with Crippen LogP contribution in [0.5, 0.6) is 5.75 Å². The second-order valence-corrected chi connectivity index (χ2v) is 9.90. The van der Waals surface area contributed by atoms with Gasteiger partial charge in [0.2, 0.25) is 15.9 Å². The molecule has 0 bridgehead atoms. The topological polar surface area (TPSA) is 75.7 Å². The van der Waals surface area contributed by atoms with Crippen LogP contribution in [-0.4, -0.2) is 32.3 Å². The van der Waals surface area contributed by atoms with Gasteiger partial charge >= 0.3 is 0 Å². The number of aryl methyl sites for hydroxylation is 1. The number of rotatable bonds is 6. The average molecular weight is 451 g/mol. The molecule has 1 N–H and O–H groups in total. The number of hydrogen-bond acceptors (Lipinski definition) is 4. The first kappa shape index (κ1) is 22.0. The minimum Gasteiger partial charge on any atom is -0.497 e. The summed E-state index contributed by atoms with van der Waals surface area (Å²) in [7, 11) is -1.97. The van der Waals surface area contributed by atoms with Crippen LogP contribution in [0.1, 0.15) is 22.3 Å². The van der Waals surface area contributed by atoms with E-state index in [1.165, 1.54) is 4.31 Å². The van der Waals surface area contributed by atoms with Crippen LogP contribution in [0, 0.1) is 6.92 Å². The van der Waals surface area contributed by atoms with Crippen LogP contribution in [0.2, 0.25) is 0 Å². The fraction of sp³-hybridized carbons (Fsp3) is 0.240. The summed E-state index contributed by atoms with van der Waals surface area (Å²) in [5, 5.41) is 2.92. The summed E-state index contributed by atoms with van der Waals surface area (Å²) in [6, 6.07) is 20.0. The van der Waals surface area contributed by atoms with Gasteiger partial charge in [-0.25, -0.2) is 8.42 Å². The molecule has 0 spiro atoms. The number of nitrogens with one attached hydrogen (secondary N) is 1. The van der Waals surface area contributed by atoms with Crippen molar-refractivity contribution in [3.63, 3.8) is 0 Å². The van der Waals surface area contributed by atoms with Gasteiger partial charge in [0.05, 0.1) is 18.4 Å². The van der Waals surface area contributed by atoms with Crippen molar-refractivity contribution < 1.29 is 17.9 Å². The van der Waals surface area contributed by atoms with Gasteiger partial charge in [-0.3, -0.25) is 4.79 Å². The molecule has 6 nitrogen and oxygen atoms in total. The van der Waals surface area contributed by atoms with E-state index in [9.17, 15) is 13.2 Å². The van der Waals surface area contributed by atoms with Crippen molar-refractivity contribution in [3.8, 4) is 5.75 Å². The molecule has 0 aromatic heterocycles. The lowest BCUT2D eigenvalue weighted by molar-refractivity contribution is -0.115. The fourth-order valence-electron chi connectivity index (χ4n) is 3.81. The average Bonchev–Trinajstić information content (AvgIpc) is 2.79. The van der Waals surface area contributed by atoms with Gasteiger partial charge in [0, 0.05) is 18.8 Å². The minimum atomic E-state index is -3.57. The number of hydrogen-bond donors (Lipinski definition) is 1. The summed E-state index contributed by atoms with van der Waals surface area (Å²) < 4.78 is 32.8. The highest BCUT2D eigenvalue weighted by molar-refractivity contribution is 7.89. The lowest BCUT2D eigenvalue weighted by Crippen LogP contribution is -2.36. The van der Waals surface area contributed by atoms with Crippen LogP contribution in [-0.2, 0) is 34.2 Å². The lowest BCUT2D eigenvalue weighted by Gasteiger charge is -2.28. The zero-order valence-corrected chi connectivity index (χ0v) is 19.0. The van der Waals surface area contributed by atoms with Gasteiger partial charge in [0.25, 0.3) is 0 Å². The van der Waals surface area contributed by atoms with E-state index in [0.29, 0.717) is 23.5 Å². The highest BCUT2D eigenvalue weighted by atomic mass is 32.2. The molecule has 3 aromatic rings. The van der Waals surface area contributed by atoms with Gasteiger partial charge < -0.3 is 10.1 Å². The molecule has 1 amide bonds. The summed E-state index contributed by atoms with van der Waals surface area (Å²) in [6.07, 6.45) is 0.884. The Labute approximate surface area is 188 Å². The molecule has 1 aliphatic rings. The number of methoxy groups -OCH3 is 1. The first-order valence-electron chi connectivity index (χ1n) is 10.5. The van der Waals surface area contributed by atoms with Crippen LogP contribution in [0.3, 0.4) is 0 Å². The SMILES string of the molecule is COc1ccc(CC(=O)Nc2ccc3c(c2)CN(S(=O)(=O)c2ccc(C)cc2)CC3)cc1. The van der Waals surface area contributed by atoms with Crippen molar-refractivity contribution in [2.24, 2.45) is 0 Å². The molecule has 0 unspecified atom stereocenters. The van der Waals surface area contributed by atoms with E-state index in [2.05, 4.69) is 5.32 Å². The molecule has 0 saturated carbocycles. The number of sulfonamides is 1. The fourth-order valence-corrected chi connectivity index (χ4v) is 5.23.